The van der Waals surface area contributed by atoms with E-state index in [9.17, 15) is 4.79 Å². The summed E-state index contributed by atoms with van der Waals surface area (Å²) in [6, 6.07) is 2.06. The van der Waals surface area contributed by atoms with E-state index in [1.54, 1.807) is 0 Å². The van der Waals surface area contributed by atoms with Crippen molar-refractivity contribution >= 4 is 11.9 Å². The van der Waals surface area contributed by atoms with Crippen molar-refractivity contribution in [2.75, 3.05) is 38.3 Å². The van der Waals surface area contributed by atoms with Crippen LogP contribution in [0.5, 0.6) is 0 Å². The number of aryl methyl sites for hydroxylation is 1. The van der Waals surface area contributed by atoms with Gasteiger partial charge in [0.15, 0.2) is 5.82 Å². The summed E-state index contributed by atoms with van der Waals surface area (Å²) in [7, 11) is 1.94. The maximum atomic E-state index is 12.7. The van der Waals surface area contributed by atoms with Crippen molar-refractivity contribution in [2.45, 2.75) is 57.8 Å². The molecule has 1 aromatic rings. The molecular formula is C20H31N5O3. The molecule has 4 aliphatic rings. The van der Waals surface area contributed by atoms with E-state index in [2.05, 4.69) is 33.8 Å². The molecule has 3 aliphatic heterocycles. The lowest BCUT2D eigenvalue weighted by molar-refractivity contribution is -0.133. The second kappa shape index (κ2) is 6.69. The van der Waals surface area contributed by atoms with E-state index in [4.69, 9.17) is 9.26 Å². The molecule has 1 aliphatic carbocycles. The molecule has 5 rings (SSSR count). The van der Waals surface area contributed by atoms with E-state index in [0.717, 1.165) is 39.1 Å². The number of hydrogen-bond acceptors (Lipinski definition) is 7. The Kier molecular flexibility index (Phi) is 4.39. The van der Waals surface area contributed by atoms with Crippen molar-refractivity contribution in [1.29, 1.82) is 0 Å². The minimum atomic E-state index is 0.257. The van der Waals surface area contributed by atoms with Gasteiger partial charge < -0.3 is 19.1 Å². The van der Waals surface area contributed by atoms with Crippen molar-refractivity contribution in [2.24, 2.45) is 17.8 Å². The number of fused-ring (bicyclic) bond motifs is 3. The van der Waals surface area contributed by atoms with E-state index in [1.807, 2.05) is 18.9 Å². The second-order valence-corrected chi connectivity index (χ2v) is 9.35. The lowest BCUT2D eigenvalue weighted by Crippen LogP contribution is -2.61. The maximum absolute atomic E-state index is 12.7. The molecule has 154 valence electrons. The van der Waals surface area contributed by atoms with Gasteiger partial charge in [-0.05, 0) is 45.4 Å². The molecule has 4 fully saturated rings. The fourth-order valence-corrected chi connectivity index (χ4v) is 5.60. The van der Waals surface area contributed by atoms with Crippen molar-refractivity contribution in [3.8, 4) is 0 Å². The third kappa shape index (κ3) is 2.92. The number of rotatable bonds is 4. The number of nitrogens with zero attached hydrogens (tertiary/aromatic N) is 5. The molecule has 1 saturated carbocycles. The third-order valence-electron chi connectivity index (χ3n) is 7.38. The number of carbonyl (C=O) groups is 1. The van der Waals surface area contributed by atoms with Crippen LogP contribution < -0.4 is 4.90 Å². The minimum Gasteiger partial charge on any atom is -0.377 e. The molecule has 0 spiro atoms. The third-order valence-corrected chi connectivity index (χ3v) is 7.38. The quantitative estimate of drug-likeness (QED) is 0.765. The van der Waals surface area contributed by atoms with Crippen molar-refractivity contribution < 1.29 is 14.1 Å². The number of amides is 1. The first kappa shape index (κ1) is 18.4. The Morgan fingerprint density at radius 2 is 1.79 bits per heavy atom. The van der Waals surface area contributed by atoms with Crippen molar-refractivity contribution in [1.82, 2.24) is 19.9 Å². The van der Waals surface area contributed by atoms with Gasteiger partial charge >= 0.3 is 6.01 Å². The zero-order valence-electron chi connectivity index (χ0n) is 17.2. The molecule has 0 aromatic carbocycles. The summed E-state index contributed by atoms with van der Waals surface area (Å²) in [4.78, 5) is 24.0. The summed E-state index contributed by atoms with van der Waals surface area (Å²) in [5, 5.41) is 3.97. The summed E-state index contributed by atoms with van der Waals surface area (Å²) in [6.07, 6.45) is 2.11. The summed E-state index contributed by atoms with van der Waals surface area (Å²) in [5.41, 5.74) is 0. The van der Waals surface area contributed by atoms with Crippen LogP contribution in [0.2, 0.25) is 0 Å². The Balaban J connectivity index is 1.22. The Labute approximate surface area is 166 Å². The van der Waals surface area contributed by atoms with Gasteiger partial charge in [-0.1, -0.05) is 5.16 Å². The number of carbonyl (C=O) groups excluding carboxylic acids is 1. The standard InChI is InChI=1S/C20H31N5O3/c1-11(2)23(4)19(26)18-16-7-24(8-17(16)18)13-5-14-9-27-10-15(6-13)25(14)20-21-12(3)22-28-20/h11,13-18H,5-10H2,1-4H3/t13?,14?,15?,16-,17+,18-. The van der Waals surface area contributed by atoms with E-state index < -0.39 is 0 Å². The summed E-state index contributed by atoms with van der Waals surface area (Å²) < 4.78 is 11.3. The zero-order valence-corrected chi connectivity index (χ0v) is 17.2. The van der Waals surface area contributed by atoms with Crippen LogP contribution in [0.3, 0.4) is 0 Å². The Morgan fingerprint density at radius 1 is 1.14 bits per heavy atom. The van der Waals surface area contributed by atoms with Crippen LogP contribution in [0.25, 0.3) is 0 Å². The van der Waals surface area contributed by atoms with E-state index >= 15 is 0 Å². The molecule has 0 N–H and O–H groups in total. The number of piperidine rings is 2. The fraction of sp³-hybridized carbons (Fsp3) is 0.850. The molecule has 4 heterocycles. The lowest BCUT2D eigenvalue weighted by Gasteiger charge is -2.49. The van der Waals surface area contributed by atoms with Gasteiger partial charge in [-0.25, -0.2) is 0 Å². The van der Waals surface area contributed by atoms with Crippen LogP contribution in [-0.4, -0.2) is 83.4 Å². The summed E-state index contributed by atoms with van der Waals surface area (Å²) in [6.45, 7) is 9.60. The molecule has 0 radical (unpaired) electrons. The van der Waals surface area contributed by atoms with Crippen LogP contribution in [0.15, 0.2) is 4.52 Å². The molecule has 28 heavy (non-hydrogen) atoms. The predicted molar refractivity (Wildman–Crippen MR) is 103 cm³/mol. The highest BCUT2D eigenvalue weighted by atomic mass is 16.5. The number of likely N-dealkylation sites (tertiary alicyclic amines) is 1. The number of aromatic nitrogens is 2. The van der Waals surface area contributed by atoms with Gasteiger partial charge in [0, 0.05) is 38.1 Å². The number of morpholine rings is 1. The first-order chi connectivity index (χ1) is 13.4. The molecular weight excluding hydrogens is 358 g/mol. The van der Waals surface area contributed by atoms with E-state index in [1.165, 1.54) is 0 Å². The summed E-state index contributed by atoms with van der Waals surface area (Å²) in [5.74, 6) is 2.39. The number of hydrogen-bond donors (Lipinski definition) is 0. The lowest BCUT2D eigenvalue weighted by atomic mass is 9.89. The Hall–Kier alpha value is -1.67. The van der Waals surface area contributed by atoms with Crippen molar-refractivity contribution in [3.05, 3.63) is 5.82 Å². The molecule has 1 aromatic heterocycles. The van der Waals surface area contributed by atoms with Crippen LogP contribution in [0.1, 0.15) is 32.5 Å². The Bertz CT molecular complexity index is 726. The number of ether oxygens (including phenoxy) is 1. The van der Waals surface area contributed by atoms with Crippen LogP contribution in [0.4, 0.5) is 6.01 Å². The average molecular weight is 390 g/mol. The van der Waals surface area contributed by atoms with E-state index in [-0.39, 0.29) is 12.0 Å². The molecule has 5 atom stereocenters. The van der Waals surface area contributed by atoms with Gasteiger partial charge in [-0.15, -0.1) is 0 Å². The number of anilines is 1. The molecule has 1 amide bonds. The highest BCUT2D eigenvalue weighted by molar-refractivity contribution is 5.82. The van der Waals surface area contributed by atoms with Gasteiger partial charge in [0.1, 0.15) is 0 Å². The summed E-state index contributed by atoms with van der Waals surface area (Å²) >= 11 is 0. The Morgan fingerprint density at radius 3 is 2.32 bits per heavy atom. The monoisotopic (exact) mass is 389 g/mol. The maximum Gasteiger partial charge on any atom is 0.324 e. The van der Waals surface area contributed by atoms with Gasteiger partial charge in [-0.3, -0.25) is 9.69 Å². The first-order valence-electron chi connectivity index (χ1n) is 10.6. The average Bonchev–Trinajstić information content (AvgIpc) is 2.98. The molecule has 3 saturated heterocycles. The van der Waals surface area contributed by atoms with Gasteiger partial charge in [0.2, 0.25) is 5.91 Å². The fourth-order valence-electron chi connectivity index (χ4n) is 5.60. The second-order valence-electron chi connectivity index (χ2n) is 9.35. The first-order valence-corrected chi connectivity index (χ1v) is 10.6. The van der Waals surface area contributed by atoms with Gasteiger partial charge in [0.05, 0.1) is 25.3 Å². The normalized spacial score (nSPS) is 37.2. The highest BCUT2D eigenvalue weighted by Gasteiger charge is 2.61. The van der Waals surface area contributed by atoms with Crippen LogP contribution >= 0.6 is 0 Å². The smallest absolute Gasteiger partial charge is 0.324 e. The predicted octanol–water partition coefficient (Wildman–Crippen LogP) is 1.16. The zero-order chi connectivity index (χ0) is 19.6. The van der Waals surface area contributed by atoms with Crippen LogP contribution in [-0.2, 0) is 9.53 Å². The van der Waals surface area contributed by atoms with Crippen LogP contribution in [0, 0.1) is 24.7 Å². The van der Waals surface area contributed by atoms with Crippen molar-refractivity contribution in [3.63, 3.8) is 0 Å². The highest BCUT2D eigenvalue weighted by Crippen LogP contribution is 2.54. The van der Waals surface area contributed by atoms with Gasteiger partial charge in [0.25, 0.3) is 0 Å². The minimum absolute atomic E-state index is 0.257. The van der Waals surface area contributed by atoms with E-state index in [0.29, 0.717) is 47.7 Å². The molecule has 8 heteroatoms. The van der Waals surface area contributed by atoms with Gasteiger partial charge in [-0.2, -0.15) is 4.98 Å². The molecule has 2 unspecified atom stereocenters. The largest absolute Gasteiger partial charge is 0.377 e. The molecule has 8 nitrogen and oxygen atoms in total. The SMILES string of the molecule is Cc1noc(N2C3COCC2CC(N2C[C@@H]4[C@H](C2)[C@@H]4C(=O)N(C)C(C)C)C3)n1. The topological polar surface area (TPSA) is 74.9 Å². The molecule has 2 bridgehead atoms.